The van der Waals surface area contributed by atoms with E-state index in [1.807, 2.05) is 18.2 Å². The molecular formula is C15H20N2O2. The highest BCUT2D eigenvalue weighted by Crippen LogP contribution is 2.29. The van der Waals surface area contributed by atoms with Crippen molar-refractivity contribution in [3.8, 4) is 5.75 Å². The summed E-state index contributed by atoms with van der Waals surface area (Å²) < 4.78 is 5.34. The van der Waals surface area contributed by atoms with E-state index in [-0.39, 0.29) is 12.5 Å². The molecule has 1 saturated carbocycles. The van der Waals surface area contributed by atoms with Crippen molar-refractivity contribution in [1.29, 1.82) is 0 Å². The number of carbonyl (C=O) groups is 1. The first kappa shape index (κ1) is 12.5. The fourth-order valence-electron chi connectivity index (χ4n) is 2.56. The quantitative estimate of drug-likeness (QED) is 0.799. The van der Waals surface area contributed by atoms with Crippen LogP contribution in [0.3, 0.4) is 0 Å². The number of benzene rings is 1. The van der Waals surface area contributed by atoms with E-state index in [2.05, 4.69) is 10.6 Å². The van der Waals surface area contributed by atoms with E-state index in [0.29, 0.717) is 0 Å². The minimum absolute atomic E-state index is 0.0809. The van der Waals surface area contributed by atoms with Crippen LogP contribution in [0.2, 0.25) is 0 Å². The first-order chi connectivity index (χ1) is 9.31. The summed E-state index contributed by atoms with van der Waals surface area (Å²) in [5.74, 6) is 1.63. The predicted octanol–water partition coefficient (Wildman–Crippen LogP) is 2.30. The average Bonchev–Trinajstić information content (AvgIpc) is 2.36. The van der Waals surface area contributed by atoms with E-state index in [1.165, 1.54) is 31.2 Å². The van der Waals surface area contributed by atoms with Crippen LogP contribution in [0.15, 0.2) is 18.2 Å². The Kier molecular flexibility index (Phi) is 3.69. The first-order valence-corrected chi connectivity index (χ1v) is 7.07. The van der Waals surface area contributed by atoms with Crippen molar-refractivity contribution < 1.29 is 9.53 Å². The molecule has 4 heteroatoms. The third-order valence-corrected chi connectivity index (χ3v) is 3.96. The molecule has 1 fully saturated rings. The Morgan fingerprint density at radius 3 is 3.05 bits per heavy atom. The maximum Gasteiger partial charge on any atom is 0.262 e. The Morgan fingerprint density at radius 2 is 2.26 bits per heavy atom. The Balaban J connectivity index is 1.50. The van der Waals surface area contributed by atoms with Crippen LogP contribution < -0.4 is 15.4 Å². The van der Waals surface area contributed by atoms with Gasteiger partial charge in [0.15, 0.2) is 6.61 Å². The number of hydrogen-bond acceptors (Lipinski definition) is 3. The molecule has 0 bridgehead atoms. The second-order valence-corrected chi connectivity index (χ2v) is 5.43. The molecule has 1 amide bonds. The molecular weight excluding hydrogens is 240 g/mol. The van der Waals surface area contributed by atoms with Crippen molar-refractivity contribution in [2.45, 2.75) is 32.2 Å². The summed E-state index contributed by atoms with van der Waals surface area (Å²) in [6, 6.07) is 5.97. The number of hydrogen-bond donors (Lipinski definition) is 2. The maximum atomic E-state index is 11.3. The molecule has 1 aromatic rings. The third-order valence-electron chi connectivity index (χ3n) is 3.96. The summed E-state index contributed by atoms with van der Waals surface area (Å²) >= 11 is 0. The lowest BCUT2D eigenvalue weighted by Crippen LogP contribution is -2.25. The predicted molar refractivity (Wildman–Crippen MR) is 74.2 cm³/mol. The standard InChI is InChI=1S/C15H20N2O2/c18-15-10-19-14-5-4-12(8-13(14)17-15)9-16-7-6-11-2-1-3-11/h4-5,8,11,16H,1-3,6-7,9-10H2,(H,17,18). The summed E-state index contributed by atoms with van der Waals surface area (Å²) in [6.45, 7) is 2.03. The highest BCUT2D eigenvalue weighted by molar-refractivity contribution is 5.95. The van der Waals surface area contributed by atoms with Gasteiger partial charge in [0.2, 0.25) is 0 Å². The van der Waals surface area contributed by atoms with Crippen molar-refractivity contribution in [3.05, 3.63) is 23.8 Å². The summed E-state index contributed by atoms with van der Waals surface area (Å²) in [4.78, 5) is 11.3. The number of carbonyl (C=O) groups excluding carboxylic acids is 1. The zero-order valence-corrected chi connectivity index (χ0v) is 11.1. The van der Waals surface area contributed by atoms with Crippen LogP contribution in [0.4, 0.5) is 5.69 Å². The fraction of sp³-hybridized carbons (Fsp3) is 0.533. The summed E-state index contributed by atoms with van der Waals surface area (Å²) in [5, 5.41) is 6.30. The molecule has 0 atom stereocenters. The van der Waals surface area contributed by atoms with Crippen LogP contribution in [-0.2, 0) is 11.3 Å². The lowest BCUT2D eigenvalue weighted by atomic mass is 9.83. The summed E-state index contributed by atoms with van der Waals surface area (Å²) in [5.41, 5.74) is 1.97. The van der Waals surface area contributed by atoms with E-state index < -0.39 is 0 Å². The van der Waals surface area contributed by atoms with Gasteiger partial charge in [0.1, 0.15) is 5.75 Å². The first-order valence-electron chi connectivity index (χ1n) is 7.07. The van der Waals surface area contributed by atoms with Gasteiger partial charge in [-0.1, -0.05) is 25.3 Å². The summed E-state index contributed by atoms with van der Waals surface area (Å²) in [6.07, 6.45) is 5.51. The fourth-order valence-corrected chi connectivity index (χ4v) is 2.56. The molecule has 0 unspecified atom stereocenters. The minimum atomic E-state index is -0.0809. The average molecular weight is 260 g/mol. The van der Waals surface area contributed by atoms with Crippen LogP contribution in [-0.4, -0.2) is 19.1 Å². The number of nitrogens with one attached hydrogen (secondary N) is 2. The highest BCUT2D eigenvalue weighted by Gasteiger charge is 2.17. The van der Waals surface area contributed by atoms with Gasteiger partial charge in [0.25, 0.3) is 5.91 Å². The minimum Gasteiger partial charge on any atom is -0.482 e. The molecule has 3 rings (SSSR count). The molecule has 1 aromatic carbocycles. The molecule has 1 aliphatic carbocycles. The van der Waals surface area contributed by atoms with Gasteiger partial charge in [-0.2, -0.15) is 0 Å². The number of anilines is 1. The monoisotopic (exact) mass is 260 g/mol. The molecule has 1 aliphatic heterocycles. The zero-order valence-electron chi connectivity index (χ0n) is 11.1. The Bertz CT molecular complexity index is 469. The molecule has 19 heavy (non-hydrogen) atoms. The molecule has 2 N–H and O–H groups in total. The SMILES string of the molecule is O=C1COc2ccc(CNCCC3CCC3)cc2N1. The van der Waals surface area contributed by atoms with Crippen LogP contribution in [0, 0.1) is 5.92 Å². The lowest BCUT2D eigenvalue weighted by molar-refractivity contribution is -0.118. The smallest absolute Gasteiger partial charge is 0.262 e. The molecule has 2 aliphatic rings. The van der Waals surface area contributed by atoms with Crippen LogP contribution in [0.5, 0.6) is 5.75 Å². The second kappa shape index (κ2) is 5.61. The topological polar surface area (TPSA) is 50.4 Å². The normalized spacial score (nSPS) is 18.2. The molecule has 102 valence electrons. The number of fused-ring (bicyclic) bond motifs is 1. The molecule has 0 aromatic heterocycles. The van der Waals surface area contributed by atoms with E-state index in [1.54, 1.807) is 0 Å². The Hall–Kier alpha value is -1.55. The lowest BCUT2D eigenvalue weighted by Gasteiger charge is -2.25. The van der Waals surface area contributed by atoms with E-state index >= 15 is 0 Å². The van der Waals surface area contributed by atoms with E-state index in [9.17, 15) is 4.79 Å². The largest absolute Gasteiger partial charge is 0.482 e. The van der Waals surface area contributed by atoms with Crippen LogP contribution in [0.1, 0.15) is 31.2 Å². The van der Waals surface area contributed by atoms with Gasteiger partial charge in [-0.15, -0.1) is 0 Å². The number of amides is 1. The van der Waals surface area contributed by atoms with E-state index in [4.69, 9.17) is 4.74 Å². The van der Waals surface area contributed by atoms with Crippen molar-refractivity contribution in [3.63, 3.8) is 0 Å². The van der Waals surface area contributed by atoms with E-state index in [0.717, 1.165) is 30.4 Å². The van der Waals surface area contributed by atoms with Gasteiger partial charge in [0, 0.05) is 6.54 Å². The van der Waals surface area contributed by atoms with Crippen molar-refractivity contribution in [2.75, 3.05) is 18.5 Å². The van der Waals surface area contributed by atoms with Crippen molar-refractivity contribution >= 4 is 11.6 Å². The number of ether oxygens (including phenoxy) is 1. The summed E-state index contributed by atoms with van der Waals surface area (Å²) in [7, 11) is 0. The zero-order chi connectivity index (χ0) is 13.1. The van der Waals surface area contributed by atoms with Crippen LogP contribution in [0.25, 0.3) is 0 Å². The van der Waals surface area contributed by atoms with Gasteiger partial charge in [-0.05, 0) is 36.6 Å². The van der Waals surface area contributed by atoms with Gasteiger partial charge in [-0.25, -0.2) is 0 Å². The number of rotatable bonds is 5. The molecule has 0 radical (unpaired) electrons. The molecule has 0 spiro atoms. The molecule has 0 saturated heterocycles. The Morgan fingerprint density at radius 1 is 1.37 bits per heavy atom. The Labute approximate surface area is 113 Å². The highest BCUT2D eigenvalue weighted by atomic mass is 16.5. The van der Waals surface area contributed by atoms with Crippen molar-refractivity contribution in [1.82, 2.24) is 5.32 Å². The van der Waals surface area contributed by atoms with Gasteiger partial charge < -0.3 is 15.4 Å². The van der Waals surface area contributed by atoms with Gasteiger partial charge in [-0.3, -0.25) is 4.79 Å². The van der Waals surface area contributed by atoms with Crippen LogP contribution >= 0.6 is 0 Å². The molecule has 4 nitrogen and oxygen atoms in total. The van der Waals surface area contributed by atoms with Gasteiger partial charge in [0.05, 0.1) is 5.69 Å². The van der Waals surface area contributed by atoms with Gasteiger partial charge >= 0.3 is 0 Å². The third kappa shape index (κ3) is 3.07. The molecule has 1 heterocycles. The second-order valence-electron chi connectivity index (χ2n) is 5.43. The van der Waals surface area contributed by atoms with Crippen molar-refractivity contribution in [2.24, 2.45) is 5.92 Å². The maximum absolute atomic E-state index is 11.3.